The first-order chi connectivity index (χ1) is 12.8. The molecule has 2 aromatic rings. The number of halogens is 4. The predicted octanol–water partition coefficient (Wildman–Crippen LogP) is 4.96. The number of hydrogen-bond acceptors (Lipinski definition) is 2. The van der Waals surface area contributed by atoms with Gasteiger partial charge in [0.2, 0.25) is 0 Å². The van der Waals surface area contributed by atoms with Crippen molar-refractivity contribution < 1.29 is 27.0 Å². The van der Waals surface area contributed by atoms with Gasteiger partial charge in [0.05, 0.1) is 13.7 Å². The van der Waals surface area contributed by atoms with Gasteiger partial charge in [0.15, 0.2) is 5.60 Å². The number of epoxide rings is 1. The zero-order valence-corrected chi connectivity index (χ0v) is 14.7. The molecule has 4 fully saturated rings. The van der Waals surface area contributed by atoms with E-state index in [0.29, 0.717) is 25.3 Å². The largest absolute Gasteiger partial charge is 0.497 e. The Morgan fingerprint density at radius 3 is 2.15 bits per heavy atom. The van der Waals surface area contributed by atoms with Gasteiger partial charge in [0, 0.05) is 17.0 Å². The average molecular weight is 378 g/mol. The van der Waals surface area contributed by atoms with Gasteiger partial charge in [-0.25, -0.2) is 17.6 Å². The second-order valence-corrected chi connectivity index (χ2v) is 8.13. The van der Waals surface area contributed by atoms with Crippen molar-refractivity contribution in [1.29, 1.82) is 0 Å². The molecule has 6 heteroatoms. The Morgan fingerprint density at radius 2 is 1.63 bits per heavy atom. The second-order valence-electron chi connectivity index (χ2n) is 8.13. The molecule has 0 amide bonds. The maximum Gasteiger partial charge on any atom is 0.288 e. The quantitative estimate of drug-likeness (QED) is 0.542. The molecule has 142 valence electrons. The molecule has 2 bridgehead atoms. The van der Waals surface area contributed by atoms with Crippen molar-refractivity contribution in [3.05, 3.63) is 65.2 Å². The maximum atomic E-state index is 15.5. The predicted molar refractivity (Wildman–Crippen MR) is 89.9 cm³/mol. The summed E-state index contributed by atoms with van der Waals surface area (Å²) in [5.41, 5.74) is -2.63. The summed E-state index contributed by atoms with van der Waals surface area (Å²) in [6.45, 7) is -0.250. The first-order valence-corrected chi connectivity index (χ1v) is 8.90. The molecule has 1 atom stereocenters. The highest BCUT2D eigenvalue weighted by atomic mass is 19.3. The van der Waals surface area contributed by atoms with E-state index in [0.717, 1.165) is 23.4 Å². The third kappa shape index (κ3) is 1.99. The zero-order chi connectivity index (χ0) is 19.1. The first-order valence-electron chi connectivity index (χ1n) is 8.90. The van der Waals surface area contributed by atoms with Gasteiger partial charge < -0.3 is 9.47 Å². The molecule has 2 aromatic carbocycles. The summed E-state index contributed by atoms with van der Waals surface area (Å²) in [6.07, 6.45) is 1.02. The van der Waals surface area contributed by atoms with E-state index in [9.17, 15) is 8.78 Å². The molecule has 1 unspecified atom stereocenters. The number of ether oxygens (including phenoxy) is 2. The third-order valence-corrected chi connectivity index (χ3v) is 6.71. The topological polar surface area (TPSA) is 21.8 Å². The molecular weight excluding hydrogens is 360 g/mol. The fourth-order valence-corrected chi connectivity index (χ4v) is 5.20. The van der Waals surface area contributed by atoms with Crippen LogP contribution in [0, 0.1) is 17.0 Å². The lowest BCUT2D eigenvalue weighted by Crippen LogP contribution is -2.74. The van der Waals surface area contributed by atoms with E-state index in [1.54, 1.807) is 7.11 Å². The number of methoxy groups -OCH3 is 1. The molecular formula is C21H18F4O2. The zero-order valence-electron chi connectivity index (χ0n) is 14.7. The number of hydrogen-bond donors (Lipinski definition) is 0. The number of alkyl halides is 2. The van der Waals surface area contributed by atoms with Crippen molar-refractivity contribution >= 4 is 0 Å². The van der Waals surface area contributed by atoms with Crippen LogP contribution >= 0.6 is 0 Å². The van der Waals surface area contributed by atoms with Crippen molar-refractivity contribution in [1.82, 2.24) is 0 Å². The molecule has 4 aliphatic rings. The van der Waals surface area contributed by atoms with Crippen LogP contribution < -0.4 is 4.74 Å². The van der Waals surface area contributed by atoms with Crippen LogP contribution in [0.15, 0.2) is 42.5 Å². The minimum absolute atomic E-state index is 0.243. The van der Waals surface area contributed by atoms with Gasteiger partial charge in [0.1, 0.15) is 17.4 Å². The number of rotatable bonds is 5. The second kappa shape index (κ2) is 5.04. The van der Waals surface area contributed by atoms with E-state index < -0.39 is 28.6 Å². The molecule has 2 nitrogen and oxygen atoms in total. The lowest BCUT2D eigenvalue weighted by atomic mass is 9.31. The Bertz CT molecular complexity index is 899. The summed E-state index contributed by atoms with van der Waals surface area (Å²) in [5, 5.41) is 0. The lowest BCUT2D eigenvalue weighted by molar-refractivity contribution is -0.306. The van der Waals surface area contributed by atoms with Gasteiger partial charge in [-0.1, -0.05) is 12.1 Å². The minimum atomic E-state index is -3.22. The van der Waals surface area contributed by atoms with Crippen molar-refractivity contribution in [2.75, 3.05) is 13.7 Å². The smallest absolute Gasteiger partial charge is 0.288 e. The molecule has 0 N–H and O–H groups in total. The molecule has 1 aliphatic heterocycles. The van der Waals surface area contributed by atoms with Crippen LogP contribution in [0.3, 0.4) is 0 Å². The lowest BCUT2D eigenvalue weighted by Gasteiger charge is -2.73. The summed E-state index contributed by atoms with van der Waals surface area (Å²) in [4.78, 5) is 0. The van der Waals surface area contributed by atoms with Crippen LogP contribution in [-0.4, -0.2) is 19.6 Å². The van der Waals surface area contributed by atoms with Gasteiger partial charge in [0.25, 0.3) is 5.92 Å². The minimum Gasteiger partial charge on any atom is -0.497 e. The highest BCUT2D eigenvalue weighted by Gasteiger charge is 2.85. The van der Waals surface area contributed by atoms with Crippen LogP contribution in [-0.2, 0) is 15.8 Å². The van der Waals surface area contributed by atoms with E-state index in [1.807, 2.05) is 24.3 Å². The maximum absolute atomic E-state index is 15.5. The fourth-order valence-electron chi connectivity index (χ4n) is 5.20. The first kappa shape index (κ1) is 17.0. The van der Waals surface area contributed by atoms with Gasteiger partial charge >= 0.3 is 0 Å². The van der Waals surface area contributed by atoms with Crippen LogP contribution in [0.1, 0.15) is 30.4 Å². The van der Waals surface area contributed by atoms with E-state index >= 15 is 8.78 Å². The van der Waals surface area contributed by atoms with Gasteiger partial charge in [-0.2, -0.15) is 0 Å². The monoisotopic (exact) mass is 378 g/mol. The highest BCUT2D eigenvalue weighted by Crippen LogP contribution is 2.81. The van der Waals surface area contributed by atoms with Gasteiger partial charge in [-0.05, 0) is 54.5 Å². The molecule has 3 aliphatic carbocycles. The van der Waals surface area contributed by atoms with Crippen LogP contribution in [0.5, 0.6) is 5.75 Å². The summed E-state index contributed by atoms with van der Waals surface area (Å²) in [6, 6.07) is 10.2. The van der Waals surface area contributed by atoms with Crippen LogP contribution in [0.4, 0.5) is 17.6 Å². The molecule has 6 rings (SSSR count). The third-order valence-electron chi connectivity index (χ3n) is 6.71. The molecule has 1 saturated heterocycles. The average Bonchev–Trinajstić information content (AvgIpc) is 3.35. The summed E-state index contributed by atoms with van der Waals surface area (Å²) in [5.74, 6) is -4.27. The molecule has 0 aromatic heterocycles. The Kier molecular flexibility index (Phi) is 3.18. The molecule has 27 heavy (non-hydrogen) atoms. The molecule has 3 saturated carbocycles. The van der Waals surface area contributed by atoms with E-state index in [1.165, 1.54) is 0 Å². The van der Waals surface area contributed by atoms with Crippen LogP contribution in [0.2, 0.25) is 0 Å². The summed E-state index contributed by atoms with van der Waals surface area (Å²) < 4.78 is 68.7. The van der Waals surface area contributed by atoms with Crippen molar-refractivity contribution in [3.8, 4) is 5.75 Å². The molecule has 0 spiro atoms. The number of benzene rings is 2. The Hall–Kier alpha value is -2.08. The van der Waals surface area contributed by atoms with Crippen molar-refractivity contribution in [3.63, 3.8) is 0 Å². The Labute approximate surface area is 154 Å². The molecule has 1 heterocycles. The fraction of sp³-hybridized carbons (Fsp3) is 0.429. The Morgan fingerprint density at radius 1 is 1.00 bits per heavy atom. The van der Waals surface area contributed by atoms with E-state index in [2.05, 4.69) is 0 Å². The van der Waals surface area contributed by atoms with Gasteiger partial charge in [-0.3, -0.25) is 0 Å². The normalized spacial score (nSPS) is 33.8. The van der Waals surface area contributed by atoms with Crippen molar-refractivity contribution in [2.45, 2.75) is 36.2 Å². The van der Waals surface area contributed by atoms with E-state index in [-0.39, 0.29) is 17.6 Å². The standard InChI is InChI=1S/C21H18F4O2/c1-26-15-5-2-13(3-6-15)18-9-19(10-18,11-18)21(24,25)20(12-27-20)16-7-4-14(22)8-17(16)23/h2-8H,9-12H2,1H3. The SMILES string of the molecule is COc1ccc(C23CC(C(F)(F)C4(c5ccc(F)cc5F)CO4)(C2)C3)cc1. The Balaban J connectivity index is 1.41. The highest BCUT2D eigenvalue weighted by molar-refractivity contribution is 5.45. The summed E-state index contributed by atoms with van der Waals surface area (Å²) in [7, 11) is 1.58. The molecule has 0 radical (unpaired) electrons. The van der Waals surface area contributed by atoms with Gasteiger partial charge in [-0.15, -0.1) is 0 Å². The van der Waals surface area contributed by atoms with Crippen LogP contribution in [0.25, 0.3) is 0 Å². The summed E-state index contributed by atoms with van der Waals surface area (Å²) >= 11 is 0. The van der Waals surface area contributed by atoms with E-state index in [4.69, 9.17) is 9.47 Å². The van der Waals surface area contributed by atoms with Crippen molar-refractivity contribution in [2.24, 2.45) is 5.41 Å².